The Morgan fingerprint density at radius 1 is 1.44 bits per heavy atom. The first-order valence-electron chi connectivity index (χ1n) is 5.47. The monoisotopic (exact) mass is 255 g/mol. The average Bonchev–Trinajstić information content (AvgIpc) is 2.65. The van der Waals surface area contributed by atoms with Gasteiger partial charge in [0.15, 0.2) is 5.92 Å². The molecule has 6 nitrogen and oxygen atoms in total. The zero-order chi connectivity index (χ0) is 13.9. The molecule has 0 radical (unpaired) electrons. The third-order valence-electron chi connectivity index (χ3n) is 2.16. The van der Waals surface area contributed by atoms with Crippen LogP contribution in [0.5, 0.6) is 0 Å². The van der Waals surface area contributed by atoms with Crippen LogP contribution in [0.25, 0.3) is 0 Å². The number of nitrogens with two attached hydrogens (primary N) is 1. The Bertz CT molecular complexity index is 418. The average molecular weight is 255 g/mol. The standard InChI is InChI=1S/C12H17NO5/c1-12(2,3)18-11(16)8(10(14)15)9(13)7-5-4-6-17-7/h4-6,8-9H,13H2,1-3H3,(H,14,15). The number of furan rings is 1. The van der Waals surface area contributed by atoms with Crippen LogP contribution in [0.3, 0.4) is 0 Å². The summed E-state index contributed by atoms with van der Waals surface area (Å²) in [5.41, 5.74) is 4.96. The number of carbonyl (C=O) groups is 2. The van der Waals surface area contributed by atoms with E-state index in [0.717, 1.165) is 0 Å². The second kappa shape index (κ2) is 5.22. The van der Waals surface area contributed by atoms with Gasteiger partial charge in [0.2, 0.25) is 0 Å². The molecule has 0 aliphatic rings. The summed E-state index contributed by atoms with van der Waals surface area (Å²) in [4.78, 5) is 23.0. The number of aliphatic carboxylic acids is 1. The first-order chi connectivity index (χ1) is 8.22. The maximum absolute atomic E-state index is 11.8. The Balaban J connectivity index is 2.90. The summed E-state index contributed by atoms with van der Waals surface area (Å²) in [7, 11) is 0. The highest BCUT2D eigenvalue weighted by Crippen LogP contribution is 2.23. The second-order valence-electron chi connectivity index (χ2n) is 4.89. The minimum absolute atomic E-state index is 0.230. The van der Waals surface area contributed by atoms with Crippen LogP contribution < -0.4 is 5.73 Å². The number of hydrogen-bond acceptors (Lipinski definition) is 5. The van der Waals surface area contributed by atoms with Crippen LogP contribution in [0.2, 0.25) is 0 Å². The van der Waals surface area contributed by atoms with Gasteiger partial charge in [-0.25, -0.2) is 0 Å². The van der Waals surface area contributed by atoms with Crippen molar-refractivity contribution in [3.05, 3.63) is 24.2 Å². The Labute approximate surface area is 105 Å². The number of carboxylic acid groups (broad SMARTS) is 1. The first kappa shape index (κ1) is 14.2. The van der Waals surface area contributed by atoms with Crippen molar-refractivity contribution >= 4 is 11.9 Å². The molecule has 0 aliphatic carbocycles. The van der Waals surface area contributed by atoms with E-state index >= 15 is 0 Å². The van der Waals surface area contributed by atoms with E-state index in [1.807, 2.05) is 0 Å². The summed E-state index contributed by atoms with van der Waals surface area (Å²) in [5.74, 6) is -3.48. The van der Waals surface area contributed by atoms with Crippen LogP contribution in [-0.4, -0.2) is 22.6 Å². The van der Waals surface area contributed by atoms with Crippen LogP contribution in [0, 0.1) is 5.92 Å². The molecule has 1 rings (SSSR count). The van der Waals surface area contributed by atoms with E-state index in [2.05, 4.69) is 0 Å². The van der Waals surface area contributed by atoms with Crippen molar-refractivity contribution in [1.82, 2.24) is 0 Å². The largest absolute Gasteiger partial charge is 0.481 e. The summed E-state index contributed by atoms with van der Waals surface area (Å²) in [6.07, 6.45) is 1.36. The van der Waals surface area contributed by atoms with Gasteiger partial charge in [0.1, 0.15) is 11.4 Å². The molecule has 0 saturated carbocycles. The predicted octanol–water partition coefficient (Wildman–Crippen LogP) is 1.32. The van der Waals surface area contributed by atoms with E-state index in [1.165, 1.54) is 12.3 Å². The molecule has 18 heavy (non-hydrogen) atoms. The lowest BCUT2D eigenvalue weighted by atomic mass is 9.98. The second-order valence-corrected chi connectivity index (χ2v) is 4.89. The zero-order valence-electron chi connectivity index (χ0n) is 10.5. The molecule has 0 fully saturated rings. The van der Waals surface area contributed by atoms with Gasteiger partial charge in [-0.2, -0.15) is 0 Å². The van der Waals surface area contributed by atoms with Crippen molar-refractivity contribution in [2.75, 3.05) is 0 Å². The fraction of sp³-hybridized carbons (Fsp3) is 0.500. The van der Waals surface area contributed by atoms with Crippen molar-refractivity contribution in [3.63, 3.8) is 0 Å². The van der Waals surface area contributed by atoms with Crippen LogP contribution in [0.4, 0.5) is 0 Å². The van der Waals surface area contributed by atoms with Crippen molar-refractivity contribution in [2.45, 2.75) is 32.4 Å². The van der Waals surface area contributed by atoms with Gasteiger partial charge in [-0.3, -0.25) is 9.59 Å². The van der Waals surface area contributed by atoms with Gasteiger partial charge >= 0.3 is 11.9 Å². The molecule has 0 aliphatic heterocycles. The van der Waals surface area contributed by atoms with Crippen LogP contribution >= 0.6 is 0 Å². The predicted molar refractivity (Wildman–Crippen MR) is 62.6 cm³/mol. The fourth-order valence-electron chi connectivity index (χ4n) is 1.41. The van der Waals surface area contributed by atoms with Gasteiger partial charge < -0.3 is 20.0 Å². The van der Waals surface area contributed by atoms with E-state index in [-0.39, 0.29) is 5.76 Å². The van der Waals surface area contributed by atoms with Gasteiger partial charge in [0.25, 0.3) is 0 Å². The fourth-order valence-corrected chi connectivity index (χ4v) is 1.41. The molecule has 0 spiro atoms. The Morgan fingerprint density at radius 2 is 2.06 bits per heavy atom. The van der Waals surface area contributed by atoms with Crippen LogP contribution in [0.15, 0.2) is 22.8 Å². The number of ether oxygens (including phenoxy) is 1. The molecule has 0 saturated heterocycles. The van der Waals surface area contributed by atoms with Gasteiger partial charge in [-0.05, 0) is 32.9 Å². The lowest BCUT2D eigenvalue weighted by Crippen LogP contribution is -2.39. The summed E-state index contributed by atoms with van der Waals surface area (Å²) in [6, 6.07) is 2.01. The van der Waals surface area contributed by atoms with Crippen molar-refractivity contribution < 1.29 is 23.8 Å². The Hall–Kier alpha value is -1.82. The number of rotatable bonds is 4. The molecule has 100 valence electrons. The molecule has 3 N–H and O–H groups in total. The van der Waals surface area contributed by atoms with Crippen LogP contribution in [-0.2, 0) is 14.3 Å². The van der Waals surface area contributed by atoms with Gasteiger partial charge in [-0.15, -0.1) is 0 Å². The lowest BCUT2D eigenvalue weighted by molar-refractivity contribution is -0.168. The maximum atomic E-state index is 11.8. The van der Waals surface area contributed by atoms with E-state index in [9.17, 15) is 9.59 Å². The van der Waals surface area contributed by atoms with E-state index in [4.69, 9.17) is 20.0 Å². The van der Waals surface area contributed by atoms with E-state index < -0.39 is 29.5 Å². The summed E-state index contributed by atoms with van der Waals surface area (Å²) in [6.45, 7) is 4.96. The molecular formula is C12H17NO5. The van der Waals surface area contributed by atoms with Gasteiger partial charge in [0, 0.05) is 0 Å². The molecule has 0 bridgehead atoms. The highest BCUT2D eigenvalue weighted by Gasteiger charge is 2.38. The minimum atomic E-state index is -1.49. The number of carbonyl (C=O) groups excluding carboxylic acids is 1. The molecule has 0 aromatic carbocycles. The maximum Gasteiger partial charge on any atom is 0.322 e. The Kier molecular flexibility index (Phi) is 4.13. The molecular weight excluding hydrogens is 238 g/mol. The number of esters is 1. The molecule has 1 aromatic rings. The minimum Gasteiger partial charge on any atom is -0.481 e. The summed E-state index contributed by atoms with van der Waals surface area (Å²) < 4.78 is 10.0. The quantitative estimate of drug-likeness (QED) is 0.621. The normalized spacial score (nSPS) is 14.9. The third kappa shape index (κ3) is 3.59. The Morgan fingerprint density at radius 3 is 2.44 bits per heavy atom. The molecule has 0 amide bonds. The third-order valence-corrected chi connectivity index (χ3v) is 2.16. The van der Waals surface area contributed by atoms with E-state index in [0.29, 0.717) is 0 Å². The first-order valence-corrected chi connectivity index (χ1v) is 5.47. The molecule has 2 atom stereocenters. The van der Waals surface area contributed by atoms with Gasteiger partial charge in [0.05, 0.1) is 12.3 Å². The van der Waals surface area contributed by atoms with E-state index in [1.54, 1.807) is 26.8 Å². The number of carboxylic acids is 1. The van der Waals surface area contributed by atoms with Gasteiger partial charge in [-0.1, -0.05) is 0 Å². The smallest absolute Gasteiger partial charge is 0.322 e. The highest BCUT2D eigenvalue weighted by molar-refractivity contribution is 5.95. The summed E-state index contributed by atoms with van der Waals surface area (Å²) in [5, 5.41) is 9.09. The zero-order valence-corrected chi connectivity index (χ0v) is 10.5. The molecule has 6 heteroatoms. The molecule has 1 aromatic heterocycles. The van der Waals surface area contributed by atoms with Crippen molar-refractivity contribution in [1.29, 1.82) is 0 Å². The SMILES string of the molecule is CC(C)(C)OC(=O)C(C(=O)O)C(N)c1ccco1. The topological polar surface area (TPSA) is 103 Å². The lowest BCUT2D eigenvalue weighted by Gasteiger charge is -2.24. The van der Waals surface area contributed by atoms with Crippen molar-refractivity contribution in [2.24, 2.45) is 11.7 Å². The highest BCUT2D eigenvalue weighted by atomic mass is 16.6. The van der Waals surface area contributed by atoms with Crippen LogP contribution in [0.1, 0.15) is 32.6 Å². The summed E-state index contributed by atoms with van der Waals surface area (Å²) >= 11 is 0. The van der Waals surface area contributed by atoms with Crippen molar-refractivity contribution in [3.8, 4) is 0 Å². The number of hydrogen-bond donors (Lipinski definition) is 2. The molecule has 1 heterocycles. The molecule has 2 unspecified atom stereocenters.